The predicted molar refractivity (Wildman–Crippen MR) is 110 cm³/mol. The second kappa shape index (κ2) is 7.04. The fourth-order valence-electron chi connectivity index (χ4n) is 3.41. The van der Waals surface area contributed by atoms with Crippen LogP contribution < -0.4 is 4.90 Å². The average molecular weight is 400 g/mol. The molecule has 3 aromatic rings. The number of fused-ring (bicyclic) bond motifs is 1. The zero-order valence-electron chi connectivity index (χ0n) is 16.2. The lowest BCUT2D eigenvalue weighted by Gasteiger charge is -2.15. The van der Waals surface area contributed by atoms with Crippen LogP contribution >= 0.6 is 0 Å². The van der Waals surface area contributed by atoms with Crippen molar-refractivity contribution in [3.63, 3.8) is 0 Å². The third-order valence-electron chi connectivity index (χ3n) is 5.22. The number of anilines is 1. The maximum atomic E-state index is 12.9. The molecule has 0 N–H and O–H groups in total. The van der Waals surface area contributed by atoms with Crippen molar-refractivity contribution in [2.24, 2.45) is 0 Å². The number of ketones is 1. The molecule has 0 atom stereocenters. The molecule has 148 valence electrons. The molecule has 1 heterocycles. The molecule has 7 heteroatoms. The Hall–Kier alpha value is -4.13. The fourth-order valence-corrected chi connectivity index (χ4v) is 3.41. The molecule has 4 rings (SSSR count). The highest BCUT2D eigenvalue weighted by atomic mass is 16.6. The van der Waals surface area contributed by atoms with Crippen LogP contribution in [0.1, 0.15) is 47.8 Å². The van der Waals surface area contributed by atoms with Crippen molar-refractivity contribution in [2.75, 3.05) is 4.90 Å². The van der Waals surface area contributed by atoms with E-state index in [-0.39, 0.29) is 28.3 Å². The van der Waals surface area contributed by atoms with Gasteiger partial charge >= 0.3 is 0 Å². The molecule has 0 bridgehead atoms. The van der Waals surface area contributed by atoms with Crippen LogP contribution in [0.3, 0.4) is 0 Å². The van der Waals surface area contributed by atoms with Gasteiger partial charge in [0.25, 0.3) is 17.5 Å². The Morgan fingerprint density at radius 3 is 2.23 bits per heavy atom. The SMILES string of the molecule is Cc1ccc(C(=O)c2cccc(N3C(=O)c4ccc([N+](=O)[O-])cc4C3=O)c2)cc1C. The number of carbonyl (C=O) groups is 3. The monoisotopic (exact) mass is 400 g/mol. The topological polar surface area (TPSA) is 97.6 Å². The van der Waals surface area contributed by atoms with Gasteiger partial charge < -0.3 is 0 Å². The smallest absolute Gasteiger partial charge is 0.270 e. The quantitative estimate of drug-likeness (QED) is 0.282. The number of amides is 2. The molecule has 3 aromatic carbocycles. The van der Waals surface area contributed by atoms with Crippen molar-refractivity contribution < 1.29 is 19.3 Å². The number of nitro groups is 1. The molecule has 7 nitrogen and oxygen atoms in total. The lowest BCUT2D eigenvalue weighted by atomic mass is 9.99. The van der Waals surface area contributed by atoms with Gasteiger partial charge in [0.05, 0.1) is 21.7 Å². The summed E-state index contributed by atoms with van der Waals surface area (Å²) in [6, 6.07) is 15.2. The van der Waals surface area contributed by atoms with E-state index in [1.807, 2.05) is 19.9 Å². The molecule has 0 spiro atoms. The normalized spacial score (nSPS) is 12.8. The first-order chi connectivity index (χ1) is 14.3. The van der Waals surface area contributed by atoms with E-state index in [1.54, 1.807) is 30.3 Å². The summed E-state index contributed by atoms with van der Waals surface area (Å²) in [7, 11) is 0. The molecular weight excluding hydrogens is 384 g/mol. The first kappa shape index (κ1) is 19.2. The highest BCUT2D eigenvalue weighted by Gasteiger charge is 2.38. The van der Waals surface area contributed by atoms with E-state index in [2.05, 4.69) is 0 Å². The number of aryl methyl sites for hydroxylation is 2. The number of carbonyl (C=O) groups excluding carboxylic acids is 3. The summed E-state index contributed by atoms with van der Waals surface area (Å²) in [5.74, 6) is -1.47. The molecule has 0 saturated carbocycles. The standard InChI is InChI=1S/C23H16N2O5/c1-13-6-7-16(10-14(13)2)21(26)15-4-3-5-17(11-15)24-22(27)19-9-8-18(25(29)30)12-20(19)23(24)28/h3-12H,1-2H3. The van der Waals surface area contributed by atoms with E-state index in [9.17, 15) is 24.5 Å². The van der Waals surface area contributed by atoms with Crippen LogP contribution in [-0.2, 0) is 0 Å². The van der Waals surface area contributed by atoms with E-state index in [1.165, 1.54) is 18.2 Å². The van der Waals surface area contributed by atoms with Crippen LogP contribution in [0.4, 0.5) is 11.4 Å². The Morgan fingerprint density at radius 1 is 0.833 bits per heavy atom. The van der Waals surface area contributed by atoms with Gasteiger partial charge in [-0.2, -0.15) is 0 Å². The molecule has 0 saturated heterocycles. The molecule has 2 amide bonds. The number of imide groups is 1. The minimum atomic E-state index is -0.658. The largest absolute Gasteiger partial charge is 0.289 e. The summed E-state index contributed by atoms with van der Waals surface area (Å²) in [6.07, 6.45) is 0. The van der Waals surface area contributed by atoms with Crippen LogP contribution in [0.15, 0.2) is 60.7 Å². The van der Waals surface area contributed by atoms with Crippen LogP contribution in [0.2, 0.25) is 0 Å². The molecule has 0 aromatic heterocycles. The summed E-state index contributed by atoms with van der Waals surface area (Å²) >= 11 is 0. The van der Waals surface area contributed by atoms with Gasteiger partial charge in [0.1, 0.15) is 0 Å². The summed E-state index contributed by atoms with van der Waals surface area (Å²) in [5.41, 5.74) is 2.93. The van der Waals surface area contributed by atoms with Crippen molar-refractivity contribution in [3.8, 4) is 0 Å². The van der Waals surface area contributed by atoms with Crippen molar-refractivity contribution in [2.45, 2.75) is 13.8 Å². The second-order valence-corrected chi connectivity index (χ2v) is 7.11. The molecule has 0 fully saturated rings. The van der Waals surface area contributed by atoms with Gasteiger partial charge in [-0.05, 0) is 49.2 Å². The van der Waals surface area contributed by atoms with E-state index in [0.29, 0.717) is 11.1 Å². The van der Waals surface area contributed by atoms with Gasteiger partial charge in [0.15, 0.2) is 5.78 Å². The Morgan fingerprint density at radius 2 is 1.53 bits per heavy atom. The third-order valence-corrected chi connectivity index (χ3v) is 5.22. The van der Waals surface area contributed by atoms with Gasteiger partial charge in [-0.1, -0.05) is 24.3 Å². The van der Waals surface area contributed by atoms with Crippen LogP contribution in [0, 0.1) is 24.0 Å². The molecular formula is C23H16N2O5. The summed E-state index contributed by atoms with van der Waals surface area (Å²) in [6.45, 7) is 3.87. The molecule has 1 aliphatic heterocycles. The Bertz CT molecular complexity index is 1260. The van der Waals surface area contributed by atoms with Gasteiger partial charge in [-0.25, -0.2) is 4.90 Å². The highest BCUT2D eigenvalue weighted by molar-refractivity contribution is 6.34. The van der Waals surface area contributed by atoms with Crippen molar-refractivity contribution >= 4 is 29.0 Å². The maximum Gasteiger partial charge on any atom is 0.270 e. The molecule has 0 unspecified atom stereocenters. The lowest BCUT2D eigenvalue weighted by Crippen LogP contribution is -2.29. The number of rotatable bonds is 4. The molecule has 30 heavy (non-hydrogen) atoms. The summed E-state index contributed by atoms with van der Waals surface area (Å²) < 4.78 is 0. The Labute approximate surface area is 171 Å². The third kappa shape index (κ3) is 3.06. The Kier molecular flexibility index (Phi) is 4.50. The number of non-ortho nitro benzene ring substituents is 1. The predicted octanol–water partition coefficient (Wildman–Crippen LogP) is 4.24. The van der Waals surface area contributed by atoms with E-state index >= 15 is 0 Å². The maximum absolute atomic E-state index is 12.9. The Balaban J connectivity index is 1.71. The first-order valence-corrected chi connectivity index (χ1v) is 9.17. The van der Waals surface area contributed by atoms with E-state index in [0.717, 1.165) is 22.1 Å². The molecule has 0 aliphatic carbocycles. The van der Waals surface area contributed by atoms with Crippen molar-refractivity contribution in [1.29, 1.82) is 0 Å². The summed E-state index contributed by atoms with van der Waals surface area (Å²) in [4.78, 5) is 49.8. The van der Waals surface area contributed by atoms with Crippen LogP contribution in [-0.4, -0.2) is 22.5 Å². The fraction of sp³-hybridized carbons (Fsp3) is 0.0870. The molecule has 0 radical (unpaired) electrons. The first-order valence-electron chi connectivity index (χ1n) is 9.17. The lowest BCUT2D eigenvalue weighted by molar-refractivity contribution is -0.384. The highest BCUT2D eigenvalue weighted by Crippen LogP contribution is 2.31. The zero-order valence-corrected chi connectivity index (χ0v) is 16.2. The van der Waals surface area contributed by atoms with E-state index < -0.39 is 16.7 Å². The summed E-state index contributed by atoms with van der Waals surface area (Å²) in [5, 5.41) is 11.0. The average Bonchev–Trinajstić information content (AvgIpc) is 2.99. The number of nitrogens with zero attached hydrogens (tertiary/aromatic N) is 2. The second-order valence-electron chi connectivity index (χ2n) is 7.11. The van der Waals surface area contributed by atoms with Gasteiger partial charge in [0, 0.05) is 23.3 Å². The van der Waals surface area contributed by atoms with Gasteiger partial charge in [-0.3, -0.25) is 24.5 Å². The van der Waals surface area contributed by atoms with Crippen LogP contribution in [0.25, 0.3) is 0 Å². The van der Waals surface area contributed by atoms with Crippen LogP contribution in [0.5, 0.6) is 0 Å². The van der Waals surface area contributed by atoms with E-state index in [4.69, 9.17) is 0 Å². The number of hydrogen-bond acceptors (Lipinski definition) is 5. The van der Waals surface area contributed by atoms with Gasteiger partial charge in [-0.15, -0.1) is 0 Å². The minimum absolute atomic E-state index is 0.0277. The molecule has 1 aliphatic rings. The minimum Gasteiger partial charge on any atom is -0.289 e. The zero-order chi connectivity index (χ0) is 21.6. The number of hydrogen-bond donors (Lipinski definition) is 0. The van der Waals surface area contributed by atoms with Gasteiger partial charge in [0.2, 0.25) is 0 Å². The number of nitro benzene ring substituents is 1. The van der Waals surface area contributed by atoms with Crippen molar-refractivity contribution in [3.05, 3.63) is 104 Å². The van der Waals surface area contributed by atoms with Crippen molar-refractivity contribution in [1.82, 2.24) is 0 Å². The number of benzene rings is 3.